The van der Waals surface area contributed by atoms with Crippen LogP contribution in [0.1, 0.15) is 37.3 Å². The summed E-state index contributed by atoms with van der Waals surface area (Å²) in [6.45, 7) is 1.50. The Kier molecular flexibility index (Phi) is 8.50. The van der Waals surface area contributed by atoms with E-state index in [0.717, 1.165) is 6.07 Å². The van der Waals surface area contributed by atoms with Gasteiger partial charge in [-0.3, -0.25) is 14.9 Å². The predicted octanol–water partition coefficient (Wildman–Crippen LogP) is 3.30. The van der Waals surface area contributed by atoms with E-state index in [4.69, 9.17) is 16.3 Å². The maximum absolute atomic E-state index is 13.7. The molecule has 0 bridgehead atoms. The standard InChI is InChI=1S/C27H31ClN4O8S/c28-21-4-2-1-3-20(21)22-7-8-24(27(34)35)31(22)26(33)18-9-11-29(12-10-18)23-6-5-19(17-25(23)32(36)37)41(38,39)30-13-15-40-16-14-30/h1-6,17-18,22,24H,7-16H2,(H,34,35)/t22?,24-/m0/s1. The molecule has 3 aliphatic heterocycles. The molecule has 2 aromatic carbocycles. The van der Waals surface area contributed by atoms with Crippen LogP contribution < -0.4 is 4.90 Å². The van der Waals surface area contributed by atoms with Gasteiger partial charge in [-0.15, -0.1) is 0 Å². The molecule has 220 valence electrons. The Morgan fingerprint density at radius 3 is 2.32 bits per heavy atom. The smallest absolute Gasteiger partial charge is 0.326 e. The Morgan fingerprint density at radius 1 is 1.00 bits per heavy atom. The second-order valence-electron chi connectivity index (χ2n) is 10.4. The van der Waals surface area contributed by atoms with Gasteiger partial charge in [-0.2, -0.15) is 4.31 Å². The number of ether oxygens (including phenoxy) is 1. The molecule has 0 aromatic heterocycles. The third kappa shape index (κ3) is 5.76. The van der Waals surface area contributed by atoms with Gasteiger partial charge in [0.05, 0.1) is 29.1 Å². The quantitative estimate of drug-likeness (QED) is 0.370. The van der Waals surface area contributed by atoms with Crippen molar-refractivity contribution in [1.29, 1.82) is 0 Å². The Labute approximate surface area is 242 Å². The van der Waals surface area contributed by atoms with Crippen molar-refractivity contribution in [2.24, 2.45) is 5.92 Å². The van der Waals surface area contributed by atoms with Gasteiger partial charge in [-0.25, -0.2) is 13.2 Å². The Balaban J connectivity index is 1.33. The number of hydrogen-bond acceptors (Lipinski definition) is 8. The zero-order valence-electron chi connectivity index (χ0n) is 22.2. The molecule has 3 aliphatic rings. The summed E-state index contributed by atoms with van der Waals surface area (Å²) >= 11 is 6.41. The van der Waals surface area contributed by atoms with Gasteiger partial charge in [0.1, 0.15) is 11.7 Å². The molecule has 41 heavy (non-hydrogen) atoms. The van der Waals surface area contributed by atoms with Crippen molar-refractivity contribution in [3.8, 4) is 0 Å². The topological polar surface area (TPSA) is 151 Å². The first-order valence-electron chi connectivity index (χ1n) is 13.5. The minimum atomic E-state index is -3.92. The number of likely N-dealkylation sites (tertiary alicyclic amines) is 1. The maximum atomic E-state index is 13.7. The van der Waals surface area contributed by atoms with Crippen LogP contribution in [0.25, 0.3) is 0 Å². The molecule has 5 rings (SSSR count). The molecule has 14 heteroatoms. The van der Waals surface area contributed by atoms with Crippen molar-refractivity contribution in [2.75, 3.05) is 44.3 Å². The molecule has 0 radical (unpaired) electrons. The molecule has 3 heterocycles. The number of nitrogens with zero attached hydrogens (tertiary/aromatic N) is 4. The van der Waals surface area contributed by atoms with Crippen LogP contribution in [0.2, 0.25) is 5.02 Å². The molecule has 0 saturated carbocycles. The van der Waals surface area contributed by atoms with Gasteiger partial charge in [0, 0.05) is 43.2 Å². The Bertz CT molecular complexity index is 1440. The van der Waals surface area contributed by atoms with Crippen LogP contribution in [0.4, 0.5) is 11.4 Å². The highest BCUT2D eigenvalue weighted by molar-refractivity contribution is 7.89. The number of rotatable bonds is 7. The summed E-state index contributed by atoms with van der Waals surface area (Å²) in [6, 6.07) is 9.62. The van der Waals surface area contributed by atoms with Crippen molar-refractivity contribution in [3.05, 3.63) is 63.2 Å². The van der Waals surface area contributed by atoms with E-state index in [9.17, 15) is 33.2 Å². The molecule has 1 unspecified atom stereocenters. The van der Waals surface area contributed by atoms with E-state index in [1.807, 2.05) is 6.07 Å². The number of benzene rings is 2. The van der Waals surface area contributed by atoms with E-state index in [1.54, 1.807) is 23.1 Å². The number of hydrogen-bond donors (Lipinski definition) is 1. The Hall–Kier alpha value is -3.26. The van der Waals surface area contributed by atoms with Crippen molar-refractivity contribution in [2.45, 2.75) is 42.7 Å². The molecule has 1 amide bonds. The summed E-state index contributed by atoms with van der Waals surface area (Å²) < 4.78 is 32.6. The van der Waals surface area contributed by atoms with Crippen LogP contribution in [-0.4, -0.2) is 85.0 Å². The number of carboxylic acid groups (broad SMARTS) is 1. The number of anilines is 1. The number of carbonyl (C=O) groups is 2. The minimum absolute atomic E-state index is 0.153. The average molecular weight is 607 g/mol. The molecule has 3 fully saturated rings. The molecule has 1 N–H and O–H groups in total. The van der Waals surface area contributed by atoms with Crippen molar-refractivity contribution in [3.63, 3.8) is 0 Å². The fraction of sp³-hybridized carbons (Fsp3) is 0.481. The first-order chi connectivity index (χ1) is 19.6. The van der Waals surface area contributed by atoms with Crippen LogP contribution in [0.5, 0.6) is 0 Å². The van der Waals surface area contributed by atoms with Crippen molar-refractivity contribution < 1.29 is 32.8 Å². The van der Waals surface area contributed by atoms with Gasteiger partial charge < -0.3 is 19.6 Å². The molecule has 0 spiro atoms. The zero-order chi connectivity index (χ0) is 29.3. The summed E-state index contributed by atoms with van der Waals surface area (Å²) in [5.41, 5.74) is 0.667. The number of morpholine rings is 1. The Morgan fingerprint density at radius 2 is 1.68 bits per heavy atom. The number of piperidine rings is 1. The second kappa shape index (κ2) is 11.9. The molecule has 0 aliphatic carbocycles. The highest BCUT2D eigenvalue weighted by Crippen LogP contribution is 2.42. The number of amides is 1. The molecule has 12 nitrogen and oxygen atoms in total. The largest absolute Gasteiger partial charge is 0.480 e. The SMILES string of the molecule is O=C(O)[C@@H]1CCC(c2ccccc2Cl)N1C(=O)C1CCN(c2ccc(S(=O)(=O)N3CCOCC3)cc2[N+](=O)[O-])CC1. The average Bonchev–Trinajstić information content (AvgIpc) is 3.42. The van der Waals surface area contributed by atoms with E-state index in [-0.39, 0.29) is 48.5 Å². The molecule has 2 aromatic rings. The van der Waals surface area contributed by atoms with Gasteiger partial charge in [0.2, 0.25) is 15.9 Å². The third-order valence-electron chi connectivity index (χ3n) is 8.13. The van der Waals surface area contributed by atoms with Crippen molar-refractivity contribution >= 4 is 44.9 Å². The summed E-state index contributed by atoms with van der Waals surface area (Å²) in [6.07, 6.45) is 1.53. The van der Waals surface area contributed by atoms with Gasteiger partial charge in [0.25, 0.3) is 5.69 Å². The first kappa shape index (κ1) is 29.2. The fourth-order valence-electron chi connectivity index (χ4n) is 6.00. The van der Waals surface area contributed by atoms with Crippen LogP contribution in [0, 0.1) is 16.0 Å². The number of nitro groups is 1. The number of aliphatic carboxylic acids is 1. The van der Waals surface area contributed by atoms with Gasteiger partial charge >= 0.3 is 5.97 Å². The monoisotopic (exact) mass is 606 g/mol. The van der Waals surface area contributed by atoms with Crippen LogP contribution in [-0.2, 0) is 24.3 Å². The number of halogens is 1. The first-order valence-corrected chi connectivity index (χ1v) is 15.3. The van der Waals surface area contributed by atoms with Gasteiger partial charge in [-0.05, 0) is 49.4 Å². The molecule has 2 atom stereocenters. The molecule has 3 saturated heterocycles. The lowest BCUT2D eigenvalue weighted by Crippen LogP contribution is -2.47. The fourth-order valence-corrected chi connectivity index (χ4v) is 7.69. The summed E-state index contributed by atoms with van der Waals surface area (Å²) in [4.78, 5) is 40.3. The number of carboxylic acids is 1. The van der Waals surface area contributed by atoms with E-state index in [2.05, 4.69) is 0 Å². The van der Waals surface area contributed by atoms with Gasteiger partial charge in [0.15, 0.2) is 0 Å². The normalized spacial score (nSPS) is 22.6. The van der Waals surface area contributed by atoms with E-state index in [1.165, 1.54) is 21.3 Å². The highest BCUT2D eigenvalue weighted by atomic mass is 35.5. The van der Waals surface area contributed by atoms with Crippen LogP contribution >= 0.6 is 11.6 Å². The number of carbonyl (C=O) groups excluding carboxylic acids is 1. The number of nitro benzene ring substituents is 1. The van der Waals surface area contributed by atoms with Crippen LogP contribution in [0.3, 0.4) is 0 Å². The summed E-state index contributed by atoms with van der Waals surface area (Å²) in [5, 5.41) is 22.3. The predicted molar refractivity (Wildman–Crippen MR) is 149 cm³/mol. The molecular weight excluding hydrogens is 576 g/mol. The highest BCUT2D eigenvalue weighted by Gasteiger charge is 2.45. The van der Waals surface area contributed by atoms with Gasteiger partial charge in [-0.1, -0.05) is 29.8 Å². The lowest BCUT2D eigenvalue weighted by Gasteiger charge is -2.37. The zero-order valence-corrected chi connectivity index (χ0v) is 23.8. The van der Waals surface area contributed by atoms with Crippen LogP contribution in [0.15, 0.2) is 47.4 Å². The number of sulfonamides is 1. The lowest BCUT2D eigenvalue weighted by atomic mass is 9.93. The lowest BCUT2D eigenvalue weighted by molar-refractivity contribution is -0.384. The minimum Gasteiger partial charge on any atom is -0.480 e. The second-order valence-corrected chi connectivity index (χ2v) is 12.7. The van der Waals surface area contributed by atoms with E-state index in [0.29, 0.717) is 49.4 Å². The summed E-state index contributed by atoms with van der Waals surface area (Å²) in [5.74, 6) is -1.79. The van der Waals surface area contributed by atoms with Crippen molar-refractivity contribution in [1.82, 2.24) is 9.21 Å². The summed E-state index contributed by atoms with van der Waals surface area (Å²) in [7, 11) is -3.92. The van der Waals surface area contributed by atoms with E-state index < -0.39 is 38.9 Å². The maximum Gasteiger partial charge on any atom is 0.326 e. The molecular formula is C27H31ClN4O8S. The third-order valence-corrected chi connectivity index (χ3v) is 10.4. The van der Waals surface area contributed by atoms with E-state index >= 15 is 0 Å².